The van der Waals surface area contributed by atoms with Gasteiger partial charge in [0.1, 0.15) is 0 Å². The van der Waals surface area contributed by atoms with E-state index >= 15 is 0 Å². The molecule has 11 heteroatoms. The molecular formula is C27H31ClN6O4. The van der Waals surface area contributed by atoms with E-state index in [0.717, 1.165) is 16.9 Å². The SMILES string of the molecule is COCCN(C)C(=O)CCNC(=O)N1CCN(C(=O)c2ccc(-n3cccn3)cc2Cl)c2ccccc2C1. The largest absolute Gasteiger partial charge is 0.383 e. The molecule has 0 atom stereocenters. The lowest BCUT2D eigenvalue weighted by Gasteiger charge is -2.24. The molecule has 3 aromatic rings. The Balaban J connectivity index is 1.44. The van der Waals surface area contributed by atoms with Gasteiger partial charge in [-0.25, -0.2) is 9.48 Å². The summed E-state index contributed by atoms with van der Waals surface area (Å²) in [5.74, 6) is -0.322. The Morgan fingerprint density at radius 1 is 1.13 bits per heavy atom. The maximum atomic E-state index is 13.6. The summed E-state index contributed by atoms with van der Waals surface area (Å²) in [7, 11) is 3.29. The van der Waals surface area contributed by atoms with E-state index < -0.39 is 0 Å². The highest BCUT2D eigenvalue weighted by Crippen LogP contribution is 2.29. The Hall–Kier alpha value is -3.89. The third-order valence-electron chi connectivity index (χ3n) is 6.39. The van der Waals surface area contributed by atoms with Crippen molar-refractivity contribution in [3.8, 4) is 5.69 Å². The van der Waals surface area contributed by atoms with Gasteiger partial charge in [0.2, 0.25) is 5.91 Å². The summed E-state index contributed by atoms with van der Waals surface area (Å²) < 4.78 is 6.67. The van der Waals surface area contributed by atoms with Gasteiger partial charge >= 0.3 is 6.03 Å². The summed E-state index contributed by atoms with van der Waals surface area (Å²) in [5, 5.41) is 7.35. The van der Waals surface area contributed by atoms with E-state index in [-0.39, 0.29) is 30.8 Å². The summed E-state index contributed by atoms with van der Waals surface area (Å²) >= 11 is 6.54. The third kappa shape index (κ3) is 6.32. The first-order valence-electron chi connectivity index (χ1n) is 12.3. The standard InChI is InChI=1S/C27H31ClN6O4/c1-31(16-17-38-2)25(35)10-12-29-27(37)32-14-15-33(24-7-4-3-6-20(24)19-32)26(36)22-9-8-21(18-23(22)28)34-13-5-11-30-34/h3-9,11,13,18H,10,12,14-17,19H2,1-2H3,(H,29,37). The number of nitrogens with zero attached hydrogens (tertiary/aromatic N) is 5. The zero-order chi connectivity index (χ0) is 27.1. The smallest absolute Gasteiger partial charge is 0.317 e. The number of carbonyl (C=O) groups excluding carboxylic acids is 3. The fourth-order valence-corrected chi connectivity index (χ4v) is 4.49. The Bertz CT molecular complexity index is 1280. The van der Waals surface area contributed by atoms with Crippen molar-refractivity contribution in [1.29, 1.82) is 0 Å². The van der Waals surface area contributed by atoms with Crippen molar-refractivity contribution in [1.82, 2.24) is 24.9 Å². The van der Waals surface area contributed by atoms with Crippen LogP contribution in [0.2, 0.25) is 5.02 Å². The van der Waals surface area contributed by atoms with Gasteiger partial charge in [0.05, 0.1) is 22.9 Å². The third-order valence-corrected chi connectivity index (χ3v) is 6.71. The van der Waals surface area contributed by atoms with Crippen LogP contribution in [0, 0.1) is 0 Å². The number of amides is 4. The highest BCUT2D eigenvalue weighted by atomic mass is 35.5. The maximum absolute atomic E-state index is 13.6. The van der Waals surface area contributed by atoms with Gasteiger partial charge in [-0.15, -0.1) is 0 Å². The van der Waals surface area contributed by atoms with Gasteiger partial charge in [0.15, 0.2) is 0 Å². The summed E-state index contributed by atoms with van der Waals surface area (Å²) in [6.45, 7) is 2.10. The lowest BCUT2D eigenvalue weighted by atomic mass is 10.1. The topological polar surface area (TPSA) is 100 Å². The maximum Gasteiger partial charge on any atom is 0.317 e. The minimum Gasteiger partial charge on any atom is -0.383 e. The molecule has 0 fully saturated rings. The highest BCUT2D eigenvalue weighted by molar-refractivity contribution is 6.34. The fourth-order valence-electron chi connectivity index (χ4n) is 4.24. The molecule has 10 nitrogen and oxygen atoms in total. The van der Waals surface area contributed by atoms with Crippen molar-refractivity contribution in [2.45, 2.75) is 13.0 Å². The molecule has 2 aromatic carbocycles. The molecule has 0 saturated heterocycles. The van der Waals surface area contributed by atoms with E-state index in [9.17, 15) is 14.4 Å². The number of methoxy groups -OCH3 is 1. The first kappa shape index (κ1) is 27.2. The van der Waals surface area contributed by atoms with E-state index in [1.807, 2.05) is 30.3 Å². The average molecular weight is 539 g/mol. The van der Waals surface area contributed by atoms with Crippen molar-refractivity contribution < 1.29 is 19.1 Å². The van der Waals surface area contributed by atoms with Crippen LogP contribution in [0.15, 0.2) is 60.9 Å². The van der Waals surface area contributed by atoms with Crippen LogP contribution < -0.4 is 10.2 Å². The summed E-state index contributed by atoms with van der Waals surface area (Å²) in [5.41, 5.74) is 2.69. The Morgan fingerprint density at radius 3 is 2.68 bits per heavy atom. The van der Waals surface area contributed by atoms with Crippen LogP contribution in [0.25, 0.3) is 5.69 Å². The summed E-state index contributed by atoms with van der Waals surface area (Å²) in [6.07, 6.45) is 3.66. The number of hydrogen-bond donors (Lipinski definition) is 1. The number of aromatic nitrogens is 2. The number of anilines is 1. The highest BCUT2D eigenvalue weighted by Gasteiger charge is 2.28. The van der Waals surface area contributed by atoms with Gasteiger partial charge in [-0.1, -0.05) is 29.8 Å². The van der Waals surface area contributed by atoms with Crippen LogP contribution in [0.4, 0.5) is 10.5 Å². The number of nitrogens with one attached hydrogen (secondary N) is 1. The number of fused-ring (bicyclic) bond motifs is 1. The first-order chi connectivity index (χ1) is 18.4. The molecule has 1 N–H and O–H groups in total. The minimum atomic E-state index is -0.289. The number of carbonyl (C=O) groups is 3. The van der Waals surface area contributed by atoms with E-state index in [1.54, 1.807) is 64.1 Å². The van der Waals surface area contributed by atoms with Crippen LogP contribution in [0.3, 0.4) is 0 Å². The summed E-state index contributed by atoms with van der Waals surface area (Å²) in [4.78, 5) is 43.7. The van der Waals surface area contributed by atoms with Crippen molar-refractivity contribution in [2.75, 3.05) is 51.8 Å². The molecular weight excluding hydrogens is 508 g/mol. The van der Waals surface area contributed by atoms with Gasteiger partial charge in [0.25, 0.3) is 5.91 Å². The predicted octanol–water partition coefficient (Wildman–Crippen LogP) is 3.19. The molecule has 1 aliphatic heterocycles. The van der Waals surface area contributed by atoms with E-state index in [4.69, 9.17) is 16.3 Å². The second kappa shape index (κ2) is 12.6. The number of urea groups is 1. The number of ether oxygens (including phenoxy) is 1. The molecule has 0 bridgehead atoms. The molecule has 1 aliphatic rings. The molecule has 1 aromatic heterocycles. The molecule has 4 amide bonds. The Morgan fingerprint density at radius 2 is 1.95 bits per heavy atom. The average Bonchev–Trinajstić information content (AvgIpc) is 3.39. The van der Waals surface area contributed by atoms with Crippen molar-refractivity contribution in [3.63, 3.8) is 0 Å². The van der Waals surface area contributed by atoms with E-state index in [1.165, 1.54) is 0 Å². The number of benzene rings is 2. The second-order valence-corrected chi connectivity index (χ2v) is 9.32. The number of hydrogen-bond acceptors (Lipinski definition) is 5. The van der Waals surface area contributed by atoms with Crippen LogP contribution in [-0.4, -0.2) is 84.4 Å². The monoisotopic (exact) mass is 538 g/mol. The van der Waals surface area contributed by atoms with Gasteiger partial charge < -0.3 is 24.8 Å². The van der Waals surface area contributed by atoms with Crippen molar-refractivity contribution >= 4 is 35.1 Å². The molecule has 0 unspecified atom stereocenters. The molecule has 4 rings (SSSR count). The fraction of sp³-hybridized carbons (Fsp3) is 0.333. The number of likely N-dealkylation sites (N-methyl/N-ethyl adjacent to an activating group) is 1. The van der Waals surface area contributed by atoms with Crippen LogP contribution in [0.5, 0.6) is 0 Å². The van der Waals surface area contributed by atoms with Gasteiger partial charge in [-0.3, -0.25) is 9.59 Å². The molecule has 38 heavy (non-hydrogen) atoms. The lowest BCUT2D eigenvalue weighted by molar-refractivity contribution is -0.130. The lowest BCUT2D eigenvalue weighted by Crippen LogP contribution is -2.43. The van der Waals surface area contributed by atoms with Crippen molar-refractivity contribution in [3.05, 3.63) is 77.1 Å². The Labute approximate surface area is 226 Å². The Kier molecular flexibility index (Phi) is 8.98. The predicted molar refractivity (Wildman–Crippen MR) is 145 cm³/mol. The molecule has 2 heterocycles. The zero-order valence-corrected chi connectivity index (χ0v) is 22.2. The number of rotatable bonds is 8. The van der Waals surface area contributed by atoms with Crippen LogP contribution in [0.1, 0.15) is 22.3 Å². The van der Waals surface area contributed by atoms with Crippen LogP contribution in [-0.2, 0) is 16.1 Å². The number of halogens is 1. The molecule has 0 saturated carbocycles. The summed E-state index contributed by atoms with van der Waals surface area (Å²) in [6, 6.07) is 14.2. The van der Waals surface area contributed by atoms with Gasteiger partial charge in [-0.05, 0) is 35.9 Å². The quantitative estimate of drug-likeness (QED) is 0.475. The second-order valence-electron chi connectivity index (χ2n) is 8.91. The van der Waals surface area contributed by atoms with E-state index in [0.29, 0.717) is 43.4 Å². The molecule has 0 radical (unpaired) electrons. The normalized spacial score (nSPS) is 13.0. The zero-order valence-electron chi connectivity index (χ0n) is 21.5. The minimum absolute atomic E-state index is 0.0733. The van der Waals surface area contributed by atoms with E-state index in [2.05, 4.69) is 10.4 Å². The van der Waals surface area contributed by atoms with Gasteiger partial charge in [-0.2, -0.15) is 5.10 Å². The molecule has 200 valence electrons. The first-order valence-corrected chi connectivity index (χ1v) is 12.7. The van der Waals surface area contributed by atoms with Crippen LogP contribution >= 0.6 is 11.6 Å². The molecule has 0 aliphatic carbocycles. The van der Waals surface area contributed by atoms with Gasteiger partial charge in [0, 0.05) is 71.4 Å². The van der Waals surface area contributed by atoms with Crippen molar-refractivity contribution in [2.24, 2.45) is 0 Å². The number of para-hydroxylation sites is 1. The molecule has 0 spiro atoms.